The van der Waals surface area contributed by atoms with E-state index in [2.05, 4.69) is 10.3 Å². The molecule has 0 aliphatic heterocycles. The Bertz CT molecular complexity index is 335. The molecule has 1 saturated carbocycles. The summed E-state index contributed by atoms with van der Waals surface area (Å²) in [5.74, 6) is 0.441. The number of methoxy groups -OCH3 is 1. The third kappa shape index (κ3) is 2.92. The van der Waals surface area contributed by atoms with Gasteiger partial charge in [0.05, 0.1) is 6.20 Å². The lowest BCUT2D eigenvalue weighted by atomic mass is 10.0. The Morgan fingerprint density at radius 2 is 2.31 bits per heavy atom. The highest BCUT2D eigenvalue weighted by Crippen LogP contribution is 2.48. The first-order chi connectivity index (χ1) is 7.74. The van der Waals surface area contributed by atoms with Gasteiger partial charge in [-0.2, -0.15) is 0 Å². The van der Waals surface area contributed by atoms with Crippen LogP contribution in [0.25, 0.3) is 0 Å². The van der Waals surface area contributed by atoms with E-state index in [4.69, 9.17) is 4.74 Å². The number of halogens is 1. The van der Waals surface area contributed by atoms with Gasteiger partial charge < -0.3 is 10.1 Å². The van der Waals surface area contributed by atoms with Crippen LogP contribution < -0.4 is 5.32 Å². The zero-order valence-corrected chi connectivity index (χ0v) is 9.50. The lowest BCUT2D eigenvalue weighted by Gasteiger charge is -2.15. The molecule has 1 aromatic rings. The van der Waals surface area contributed by atoms with Crippen LogP contribution in [0.1, 0.15) is 19.3 Å². The van der Waals surface area contributed by atoms with Crippen molar-refractivity contribution in [1.29, 1.82) is 0 Å². The van der Waals surface area contributed by atoms with Crippen LogP contribution in [0, 0.1) is 11.2 Å². The normalized spacial score (nSPS) is 17.1. The first-order valence-corrected chi connectivity index (χ1v) is 5.58. The van der Waals surface area contributed by atoms with Crippen LogP contribution in [-0.4, -0.2) is 25.2 Å². The van der Waals surface area contributed by atoms with E-state index in [0.29, 0.717) is 5.41 Å². The van der Waals surface area contributed by atoms with Crippen LogP contribution in [-0.2, 0) is 4.74 Å². The highest BCUT2D eigenvalue weighted by molar-refractivity contribution is 5.34. The van der Waals surface area contributed by atoms with Gasteiger partial charge in [0.25, 0.3) is 0 Å². The Morgan fingerprint density at radius 3 is 2.88 bits per heavy atom. The first kappa shape index (κ1) is 11.3. The fourth-order valence-electron chi connectivity index (χ4n) is 1.77. The number of hydrogen-bond donors (Lipinski definition) is 1. The topological polar surface area (TPSA) is 34.1 Å². The third-order valence-electron chi connectivity index (χ3n) is 3.17. The average Bonchev–Trinajstić information content (AvgIpc) is 3.07. The monoisotopic (exact) mass is 224 g/mol. The van der Waals surface area contributed by atoms with Gasteiger partial charge in [0.1, 0.15) is 11.6 Å². The molecule has 1 aliphatic rings. The third-order valence-corrected chi connectivity index (χ3v) is 3.17. The van der Waals surface area contributed by atoms with Gasteiger partial charge in [0.15, 0.2) is 0 Å². The van der Waals surface area contributed by atoms with E-state index >= 15 is 0 Å². The first-order valence-electron chi connectivity index (χ1n) is 5.58. The van der Waals surface area contributed by atoms with Crippen LogP contribution in [0.2, 0.25) is 0 Å². The molecule has 4 heteroatoms. The highest BCUT2D eigenvalue weighted by atomic mass is 19.1. The van der Waals surface area contributed by atoms with Gasteiger partial charge in [-0.15, -0.1) is 0 Å². The lowest BCUT2D eigenvalue weighted by molar-refractivity contribution is 0.175. The van der Waals surface area contributed by atoms with Crippen molar-refractivity contribution >= 4 is 5.82 Å². The molecule has 16 heavy (non-hydrogen) atoms. The van der Waals surface area contributed by atoms with Gasteiger partial charge in [-0.3, -0.25) is 0 Å². The standard InChI is InChI=1S/C12H17FN2O/c1-16-7-6-12(4-5-12)9-15-11-3-2-10(13)8-14-11/h2-3,8H,4-7,9H2,1H3,(H,14,15). The predicted octanol–water partition coefficient (Wildman–Crippen LogP) is 2.45. The molecule has 0 spiro atoms. The second-order valence-corrected chi connectivity index (χ2v) is 4.46. The predicted molar refractivity (Wildman–Crippen MR) is 60.8 cm³/mol. The Morgan fingerprint density at radius 1 is 1.50 bits per heavy atom. The molecular weight excluding hydrogens is 207 g/mol. The summed E-state index contributed by atoms with van der Waals surface area (Å²) in [6, 6.07) is 3.09. The number of rotatable bonds is 6. The number of nitrogens with zero attached hydrogens (tertiary/aromatic N) is 1. The molecule has 0 bridgehead atoms. The summed E-state index contributed by atoms with van der Waals surface area (Å²) in [5, 5.41) is 3.25. The Labute approximate surface area is 95.0 Å². The molecule has 1 aliphatic carbocycles. The Kier molecular flexibility index (Phi) is 3.39. The molecule has 0 aromatic carbocycles. The fourth-order valence-corrected chi connectivity index (χ4v) is 1.77. The summed E-state index contributed by atoms with van der Waals surface area (Å²) in [7, 11) is 1.73. The SMILES string of the molecule is COCCC1(CNc2ccc(F)cn2)CC1. The van der Waals surface area contributed by atoms with Crippen molar-refractivity contribution in [2.75, 3.05) is 25.6 Å². The van der Waals surface area contributed by atoms with E-state index in [1.54, 1.807) is 13.2 Å². The Balaban J connectivity index is 1.81. The lowest BCUT2D eigenvalue weighted by Crippen LogP contribution is -2.17. The summed E-state index contributed by atoms with van der Waals surface area (Å²) >= 11 is 0. The van der Waals surface area contributed by atoms with Crippen molar-refractivity contribution in [3.63, 3.8) is 0 Å². The van der Waals surface area contributed by atoms with Crippen molar-refractivity contribution in [3.05, 3.63) is 24.1 Å². The van der Waals surface area contributed by atoms with Crippen LogP contribution in [0.15, 0.2) is 18.3 Å². The molecule has 1 fully saturated rings. The maximum absolute atomic E-state index is 12.6. The van der Waals surface area contributed by atoms with Gasteiger partial charge in [-0.05, 0) is 36.8 Å². The van der Waals surface area contributed by atoms with E-state index in [-0.39, 0.29) is 5.82 Å². The zero-order chi connectivity index (χ0) is 11.4. The van der Waals surface area contributed by atoms with Gasteiger partial charge in [-0.1, -0.05) is 0 Å². The molecule has 0 amide bonds. The molecule has 1 heterocycles. The number of anilines is 1. The van der Waals surface area contributed by atoms with Crippen LogP contribution in [0.3, 0.4) is 0 Å². The molecule has 88 valence electrons. The van der Waals surface area contributed by atoms with Gasteiger partial charge >= 0.3 is 0 Å². The van der Waals surface area contributed by atoms with E-state index in [0.717, 1.165) is 25.4 Å². The minimum Gasteiger partial charge on any atom is -0.385 e. The summed E-state index contributed by atoms with van der Waals surface area (Å²) in [4.78, 5) is 3.97. The quantitative estimate of drug-likeness (QED) is 0.806. The molecular formula is C12H17FN2O. The zero-order valence-electron chi connectivity index (χ0n) is 9.50. The summed E-state index contributed by atoms with van der Waals surface area (Å²) in [6.45, 7) is 1.70. The molecule has 2 rings (SSSR count). The van der Waals surface area contributed by atoms with Crippen LogP contribution in [0.4, 0.5) is 10.2 Å². The molecule has 0 saturated heterocycles. The second kappa shape index (κ2) is 4.78. The van der Waals surface area contributed by atoms with Gasteiger partial charge in [-0.25, -0.2) is 9.37 Å². The minimum absolute atomic E-state index is 0.300. The molecule has 0 unspecified atom stereocenters. The molecule has 3 nitrogen and oxygen atoms in total. The van der Waals surface area contributed by atoms with Crippen molar-refractivity contribution in [1.82, 2.24) is 4.98 Å². The summed E-state index contributed by atoms with van der Waals surface area (Å²) in [5.41, 5.74) is 0.381. The average molecular weight is 224 g/mol. The second-order valence-electron chi connectivity index (χ2n) is 4.46. The molecule has 1 aromatic heterocycles. The van der Waals surface area contributed by atoms with Crippen molar-refractivity contribution in [3.8, 4) is 0 Å². The van der Waals surface area contributed by atoms with Gasteiger partial charge in [0, 0.05) is 20.3 Å². The molecule has 1 N–H and O–H groups in total. The molecule has 0 atom stereocenters. The summed E-state index contributed by atoms with van der Waals surface area (Å²) < 4.78 is 17.7. The fraction of sp³-hybridized carbons (Fsp3) is 0.583. The van der Waals surface area contributed by atoms with E-state index in [9.17, 15) is 4.39 Å². The number of ether oxygens (including phenoxy) is 1. The smallest absolute Gasteiger partial charge is 0.141 e. The van der Waals surface area contributed by atoms with Crippen molar-refractivity contribution in [2.45, 2.75) is 19.3 Å². The van der Waals surface area contributed by atoms with E-state index in [1.165, 1.54) is 25.1 Å². The van der Waals surface area contributed by atoms with Crippen molar-refractivity contribution < 1.29 is 9.13 Å². The van der Waals surface area contributed by atoms with E-state index < -0.39 is 0 Å². The van der Waals surface area contributed by atoms with Crippen molar-refractivity contribution in [2.24, 2.45) is 5.41 Å². The van der Waals surface area contributed by atoms with E-state index in [1.807, 2.05) is 0 Å². The molecule has 0 radical (unpaired) electrons. The van der Waals surface area contributed by atoms with Gasteiger partial charge in [0.2, 0.25) is 0 Å². The highest BCUT2D eigenvalue weighted by Gasteiger charge is 2.41. The number of hydrogen-bond acceptors (Lipinski definition) is 3. The minimum atomic E-state index is -0.300. The number of nitrogens with one attached hydrogen (secondary N) is 1. The maximum atomic E-state index is 12.6. The Hall–Kier alpha value is -1.16. The largest absolute Gasteiger partial charge is 0.385 e. The number of pyridine rings is 1. The number of aromatic nitrogens is 1. The van der Waals surface area contributed by atoms with Crippen LogP contribution >= 0.6 is 0 Å². The summed E-state index contributed by atoms with van der Waals surface area (Å²) in [6.07, 6.45) is 4.80. The van der Waals surface area contributed by atoms with Crippen LogP contribution in [0.5, 0.6) is 0 Å². The maximum Gasteiger partial charge on any atom is 0.141 e.